The number of halogens is 1. The van der Waals surface area contributed by atoms with E-state index in [0.29, 0.717) is 21.4 Å². The van der Waals surface area contributed by atoms with E-state index in [1.54, 1.807) is 18.2 Å². The van der Waals surface area contributed by atoms with Crippen LogP contribution < -0.4 is 11.1 Å². The number of nitrogen functional groups attached to an aromatic ring is 1. The molecule has 3 N–H and O–H groups in total. The molecular formula is C10H9ClN4OS. The molecule has 5 nitrogen and oxygen atoms in total. The van der Waals surface area contributed by atoms with Gasteiger partial charge in [-0.05, 0) is 25.1 Å². The van der Waals surface area contributed by atoms with Gasteiger partial charge in [0, 0.05) is 16.3 Å². The topological polar surface area (TPSA) is 80.9 Å². The highest BCUT2D eigenvalue weighted by Crippen LogP contribution is 2.19. The number of hydrogen-bond acceptors (Lipinski definition) is 5. The molecule has 1 aromatic carbocycles. The lowest BCUT2D eigenvalue weighted by atomic mass is 10.2. The highest BCUT2D eigenvalue weighted by atomic mass is 35.5. The van der Waals surface area contributed by atoms with Crippen LogP contribution in [0.1, 0.15) is 15.4 Å². The number of nitrogens with two attached hydrogens (primary N) is 1. The molecule has 2 aromatic rings. The molecule has 0 spiro atoms. The first-order valence-corrected chi connectivity index (χ1v) is 5.91. The molecule has 88 valence electrons. The molecule has 0 saturated carbocycles. The second-order valence-electron chi connectivity index (χ2n) is 3.35. The summed E-state index contributed by atoms with van der Waals surface area (Å²) in [6, 6.07) is 4.67. The Balaban J connectivity index is 2.19. The average molecular weight is 269 g/mol. The summed E-state index contributed by atoms with van der Waals surface area (Å²) in [5.74, 6) is -0.310. The van der Waals surface area contributed by atoms with Crippen LogP contribution in [0.3, 0.4) is 0 Å². The number of benzene rings is 1. The highest BCUT2D eigenvalue weighted by Gasteiger charge is 2.10. The number of nitrogens with zero attached hydrogens (tertiary/aromatic N) is 2. The number of rotatable bonds is 2. The quantitative estimate of drug-likeness (QED) is 0.819. The molecule has 1 amide bonds. The van der Waals surface area contributed by atoms with Crippen molar-refractivity contribution in [2.24, 2.45) is 0 Å². The maximum absolute atomic E-state index is 11.8. The fourth-order valence-electron chi connectivity index (χ4n) is 1.26. The van der Waals surface area contributed by atoms with E-state index in [0.717, 1.165) is 5.01 Å². The van der Waals surface area contributed by atoms with Crippen LogP contribution in [-0.2, 0) is 0 Å². The van der Waals surface area contributed by atoms with E-state index in [2.05, 4.69) is 15.5 Å². The Kier molecular flexibility index (Phi) is 3.26. The number of amides is 1. The predicted octanol–water partition coefficient (Wildman–Crippen LogP) is 2.33. The van der Waals surface area contributed by atoms with Gasteiger partial charge in [-0.15, -0.1) is 10.2 Å². The van der Waals surface area contributed by atoms with Gasteiger partial charge in [0.2, 0.25) is 5.13 Å². The molecular weight excluding hydrogens is 260 g/mol. The third-order valence-electron chi connectivity index (χ3n) is 1.93. The van der Waals surface area contributed by atoms with E-state index in [9.17, 15) is 4.79 Å². The largest absolute Gasteiger partial charge is 0.399 e. The maximum Gasteiger partial charge on any atom is 0.257 e. The Hall–Kier alpha value is -1.66. The zero-order valence-electron chi connectivity index (χ0n) is 8.90. The average Bonchev–Trinajstić information content (AvgIpc) is 2.62. The lowest BCUT2D eigenvalue weighted by Crippen LogP contribution is -2.12. The van der Waals surface area contributed by atoms with E-state index < -0.39 is 0 Å². The van der Waals surface area contributed by atoms with Crippen molar-refractivity contribution in [1.82, 2.24) is 10.2 Å². The molecule has 0 saturated heterocycles. The molecule has 0 bridgehead atoms. The van der Waals surface area contributed by atoms with Crippen molar-refractivity contribution in [2.45, 2.75) is 6.92 Å². The Morgan fingerprint density at radius 2 is 2.18 bits per heavy atom. The predicted molar refractivity (Wildman–Crippen MR) is 68.5 cm³/mol. The van der Waals surface area contributed by atoms with E-state index in [-0.39, 0.29) is 5.91 Å². The van der Waals surface area contributed by atoms with Gasteiger partial charge in [0.25, 0.3) is 5.91 Å². The standard InChI is InChI=1S/C10H9ClN4OS/c1-5-14-15-10(17-5)13-9(16)6-2-7(11)4-8(12)3-6/h2-4H,12H2,1H3,(H,13,15,16). The number of aromatic nitrogens is 2. The molecule has 0 fully saturated rings. The van der Waals surface area contributed by atoms with Crippen molar-refractivity contribution < 1.29 is 4.79 Å². The second-order valence-corrected chi connectivity index (χ2v) is 4.97. The molecule has 0 atom stereocenters. The molecule has 1 heterocycles. The molecule has 0 aliphatic rings. The Morgan fingerprint density at radius 3 is 2.76 bits per heavy atom. The number of anilines is 2. The molecule has 0 aliphatic heterocycles. The lowest BCUT2D eigenvalue weighted by molar-refractivity contribution is 0.102. The first-order valence-electron chi connectivity index (χ1n) is 4.72. The van der Waals surface area contributed by atoms with Gasteiger partial charge in [-0.25, -0.2) is 0 Å². The zero-order chi connectivity index (χ0) is 12.4. The van der Waals surface area contributed by atoms with Gasteiger partial charge in [-0.2, -0.15) is 0 Å². The van der Waals surface area contributed by atoms with E-state index in [1.165, 1.54) is 11.3 Å². The number of hydrogen-bond donors (Lipinski definition) is 2. The Bertz CT molecular complexity index is 549. The van der Waals surface area contributed by atoms with Gasteiger partial charge in [-0.3, -0.25) is 10.1 Å². The molecule has 17 heavy (non-hydrogen) atoms. The maximum atomic E-state index is 11.8. The summed E-state index contributed by atoms with van der Waals surface area (Å²) in [6.07, 6.45) is 0. The van der Waals surface area contributed by atoms with E-state index >= 15 is 0 Å². The smallest absolute Gasteiger partial charge is 0.257 e. The second kappa shape index (κ2) is 4.68. The van der Waals surface area contributed by atoms with Crippen molar-refractivity contribution in [3.05, 3.63) is 33.8 Å². The fourth-order valence-corrected chi connectivity index (χ4v) is 2.09. The van der Waals surface area contributed by atoms with Crippen molar-refractivity contribution in [2.75, 3.05) is 11.1 Å². The van der Waals surface area contributed by atoms with E-state index in [1.807, 2.05) is 6.92 Å². The van der Waals surface area contributed by atoms with Crippen molar-refractivity contribution in [3.8, 4) is 0 Å². The van der Waals surface area contributed by atoms with Gasteiger partial charge in [0.05, 0.1) is 0 Å². The van der Waals surface area contributed by atoms with Crippen LogP contribution in [0.5, 0.6) is 0 Å². The molecule has 2 rings (SSSR count). The summed E-state index contributed by atoms with van der Waals surface area (Å²) < 4.78 is 0. The number of carbonyl (C=O) groups is 1. The van der Waals surface area contributed by atoms with Crippen LogP contribution in [0.15, 0.2) is 18.2 Å². The summed E-state index contributed by atoms with van der Waals surface area (Å²) in [7, 11) is 0. The van der Waals surface area contributed by atoms with Gasteiger partial charge in [0.1, 0.15) is 5.01 Å². The number of aryl methyl sites for hydroxylation is 1. The van der Waals surface area contributed by atoms with Gasteiger partial charge < -0.3 is 5.73 Å². The molecule has 0 radical (unpaired) electrons. The van der Waals surface area contributed by atoms with Crippen LogP contribution in [0.25, 0.3) is 0 Å². The van der Waals surface area contributed by atoms with Crippen LogP contribution in [0, 0.1) is 6.92 Å². The molecule has 1 aromatic heterocycles. The Morgan fingerprint density at radius 1 is 1.41 bits per heavy atom. The summed E-state index contributed by atoms with van der Waals surface area (Å²) >= 11 is 7.12. The summed E-state index contributed by atoms with van der Waals surface area (Å²) in [5, 5.41) is 11.9. The lowest BCUT2D eigenvalue weighted by Gasteiger charge is -2.03. The fraction of sp³-hybridized carbons (Fsp3) is 0.100. The summed E-state index contributed by atoms with van der Waals surface area (Å²) in [4.78, 5) is 11.8. The minimum Gasteiger partial charge on any atom is -0.399 e. The number of carbonyl (C=O) groups excluding carboxylic acids is 1. The molecule has 0 unspecified atom stereocenters. The monoisotopic (exact) mass is 268 g/mol. The SMILES string of the molecule is Cc1nnc(NC(=O)c2cc(N)cc(Cl)c2)s1. The van der Waals surface area contributed by atoms with Gasteiger partial charge in [0.15, 0.2) is 0 Å². The first-order chi connectivity index (χ1) is 8.04. The van der Waals surface area contributed by atoms with Crippen LogP contribution in [0.2, 0.25) is 5.02 Å². The highest BCUT2D eigenvalue weighted by molar-refractivity contribution is 7.15. The van der Waals surface area contributed by atoms with Crippen molar-refractivity contribution in [1.29, 1.82) is 0 Å². The third-order valence-corrected chi connectivity index (χ3v) is 2.90. The molecule has 7 heteroatoms. The zero-order valence-corrected chi connectivity index (χ0v) is 10.5. The number of nitrogens with one attached hydrogen (secondary N) is 1. The van der Waals surface area contributed by atoms with E-state index in [4.69, 9.17) is 17.3 Å². The first kappa shape index (κ1) is 11.8. The van der Waals surface area contributed by atoms with Gasteiger partial charge >= 0.3 is 0 Å². The van der Waals surface area contributed by atoms with Crippen LogP contribution in [-0.4, -0.2) is 16.1 Å². The normalized spacial score (nSPS) is 10.2. The van der Waals surface area contributed by atoms with Crippen LogP contribution in [0.4, 0.5) is 10.8 Å². The van der Waals surface area contributed by atoms with Gasteiger partial charge in [-0.1, -0.05) is 22.9 Å². The minimum atomic E-state index is -0.310. The minimum absolute atomic E-state index is 0.310. The van der Waals surface area contributed by atoms with Crippen molar-refractivity contribution >= 4 is 39.7 Å². The van der Waals surface area contributed by atoms with Crippen molar-refractivity contribution in [3.63, 3.8) is 0 Å². The van der Waals surface area contributed by atoms with Crippen LogP contribution >= 0.6 is 22.9 Å². The summed E-state index contributed by atoms with van der Waals surface area (Å²) in [5.41, 5.74) is 6.44. The molecule has 0 aliphatic carbocycles. The summed E-state index contributed by atoms with van der Waals surface area (Å²) in [6.45, 7) is 1.81. The third kappa shape index (κ3) is 2.92. The Labute approximate surface area is 107 Å².